The molecule has 2 amide bonds. The van der Waals surface area contributed by atoms with Crippen LogP contribution in [0.15, 0.2) is 52.2 Å². The predicted molar refractivity (Wildman–Crippen MR) is 90.8 cm³/mol. The number of amides is 2. The quantitative estimate of drug-likeness (QED) is 0.833. The molecule has 1 aliphatic rings. The molecule has 0 saturated carbocycles. The number of furan rings is 1. The number of nitrogens with one attached hydrogen (secondary N) is 2. The summed E-state index contributed by atoms with van der Waals surface area (Å²) in [6, 6.07) is 11.4. The van der Waals surface area contributed by atoms with Gasteiger partial charge in [0.25, 0.3) is 5.91 Å². The summed E-state index contributed by atoms with van der Waals surface area (Å²) in [5.41, 5.74) is 2.80. The number of nitrogens with zero attached hydrogens (tertiary/aromatic N) is 1. The molecular formula is C18H19N3O4. The van der Waals surface area contributed by atoms with E-state index in [4.69, 9.17) is 9.25 Å². The van der Waals surface area contributed by atoms with Gasteiger partial charge in [-0.05, 0) is 24.6 Å². The van der Waals surface area contributed by atoms with Gasteiger partial charge in [0.05, 0.1) is 25.1 Å². The molecule has 25 heavy (non-hydrogen) atoms. The van der Waals surface area contributed by atoms with Crippen LogP contribution in [0.2, 0.25) is 0 Å². The van der Waals surface area contributed by atoms with E-state index in [9.17, 15) is 9.59 Å². The fourth-order valence-electron chi connectivity index (χ4n) is 2.38. The SMILES string of the molecule is Cc1ccc(C2=NO[C@@H](C(=O)NCC(=O)NCc3ccco3)C2)cc1. The Morgan fingerprint density at radius 3 is 2.72 bits per heavy atom. The Hall–Kier alpha value is -3.09. The molecule has 1 aliphatic heterocycles. The van der Waals surface area contributed by atoms with Gasteiger partial charge in [0.1, 0.15) is 5.76 Å². The molecule has 0 saturated heterocycles. The number of hydrogen-bond acceptors (Lipinski definition) is 5. The molecule has 0 unspecified atom stereocenters. The summed E-state index contributed by atoms with van der Waals surface area (Å²) >= 11 is 0. The lowest BCUT2D eigenvalue weighted by Crippen LogP contribution is -2.41. The average Bonchev–Trinajstić information content (AvgIpc) is 3.30. The van der Waals surface area contributed by atoms with Crippen molar-refractivity contribution in [1.29, 1.82) is 0 Å². The first-order chi connectivity index (χ1) is 12.1. The highest BCUT2D eigenvalue weighted by molar-refractivity contribution is 6.04. The first-order valence-electron chi connectivity index (χ1n) is 7.98. The van der Waals surface area contributed by atoms with Crippen molar-refractivity contribution in [3.8, 4) is 0 Å². The maximum atomic E-state index is 12.1. The predicted octanol–water partition coefficient (Wildman–Crippen LogP) is 1.51. The molecule has 130 valence electrons. The molecule has 1 atom stereocenters. The second-order valence-electron chi connectivity index (χ2n) is 5.78. The molecule has 0 fully saturated rings. The topological polar surface area (TPSA) is 92.9 Å². The number of oxime groups is 1. The van der Waals surface area contributed by atoms with Crippen molar-refractivity contribution >= 4 is 17.5 Å². The molecule has 2 aromatic rings. The lowest BCUT2D eigenvalue weighted by molar-refractivity contribution is -0.133. The second-order valence-corrected chi connectivity index (χ2v) is 5.78. The minimum absolute atomic E-state index is 0.126. The van der Waals surface area contributed by atoms with E-state index in [1.807, 2.05) is 31.2 Å². The lowest BCUT2D eigenvalue weighted by atomic mass is 10.0. The maximum Gasteiger partial charge on any atom is 0.264 e. The Bertz CT molecular complexity index is 766. The van der Waals surface area contributed by atoms with E-state index in [1.54, 1.807) is 12.1 Å². The van der Waals surface area contributed by atoms with E-state index in [-0.39, 0.29) is 24.9 Å². The van der Waals surface area contributed by atoms with Crippen LogP contribution >= 0.6 is 0 Å². The summed E-state index contributed by atoms with van der Waals surface area (Å²) in [4.78, 5) is 29.0. The zero-order valence-corrected chi connectivity index (χ0v) is 13.8. The smallest absolute Gasteiger partial charge is 0.264 e. The molecular weight excluding hydrogens is 322 g/mol. The Labute approximate surface area is 145 Å². The van der Waals surface area contributed by atoms with Crippen molar-refractivity contribution in [2.75, 3.05) is 6.54 Å². The number of aryl methyl sites for hydroxylation is 1. The Kier molecular flexibility index (Phi) is 5.13. The summed E-state index contributed by atoms with van der Waals surface area (Å²) in [5, 5.41) is 9.19. The monoisotopic (exact) mass is 341 g/mol. The van der Waals surface area contributed by atoms with Crippen LogP contribution < -0.4 is 10.6 Å². The molecule has 0 bridgehead atoms. The van der Waals surface area contributed by atoms with E-state index in [1.165, 1.54) is 6.26 Å². The van der Waals surface area contributed by atoms with Crippen molar-refractivity contribution in [3.63, 3.8) is 0 Å². The normalized spacial score (nSPS) is 16.0. The highest BCUT2D eigenvalue weighted by Gasteiger charge is 2.28. The molecule has 1 aromatic carbocycles. The third-order valence-corrected chi connectivity index (χ3v) is 3.81. The van der Waals surface area contributed by atoms with Crippen LogP contribution in [0.3, 0.4) is 0 Å². The van der Waals surface area contributed by atoms with Crippen LogP contribution in [0.4, 0.5) is 0 Å². The van der Waals surface area contributed by atoms with Crippen molar-refractivity contribution in [2.45, 2.75) is 26.0 Å². The molecule has 2 heterocycles. The number of benzene rings is 1. The van der Waals surface area contributed by atoms with Crippen LogP contribution in [0.5, 0.6) is 0 Å². The molecule has 7 heteroatoms. The van der Waals surface area contributed by atoms with Crippen LogP contribution in [-0.4, -0.2) is 30.2 Å². The third-order valence-electron chi connectivity index (χ3n) is 3.81. The van der Waals surface area contributed by atoms with Crippen molar-refractivity contribution < 1.29 is 18.8 Å². The minimum atomic E-state index is -0.714. The van der Waals surface area contributed by atoms with Gasteiger partial charge in [-0.15, -0.1) is 0 Å². The maximum absolute atomic E-state index is 12.1. The molecule has 1 aromatic heterocycles. The van der Waals surface area contributed by atoms with Crippen LogP contribution in [0, 0.1) is 6.92 Å². The molecule has 3 rings (SSSR count). The van der Waals surface area contributed by atoms with E-state index in [0.717, 1.165) is 16.8 Å². The minimum Gasteiger partial charge on any atom is -0.467 e. The molecule has 0 radical (unpaired) electrons. The van der Waals surface area contributed by atoms with Crippen LogP contribution in [0.1, 0.15) is 23.3 Å². The van der Waals surface area contributed by atoms with Gasteiger partial charge in [-0.1, -0.05) is 35.0 Å². The second kappa shape index (κ2) is 7.65. The van der Waals surface area contributed by atoms with E-state index in [2.05, 4.69) is 15.8 Å². The first kappa shape index (κ1) is 16.8. The number of carbonyl (C=O) groups excluding carboxylic acids is 2. The van der Waals surface area contributed by atoms with E-state index in [0.29, 0.717) is 12.2 Å². The fraction of sp³-hybridized carbons (Fsp3) is 0.278. The van der Waals surface area contributed by atoms with Gasteiger partial charge < -0.3 is 19.9 Å². The summed E-state index contributed by atoms with van der Waals surface area (Å²) in [6.07, 6.45) is 1.20. The van der Waals surface area contributed by atoms with Gasteiger partial charge in [-0.2, -0.15) is 0 Å². The van der Waals surface area contributed by atoms with Gasteiger partial charge in [0, 0.05) is 6.42 Å². The van der Waals surface area contributed by atoms with E-state index < -0.39 is 6.10 Å². The zero-order valence-electron chi connectivity index (χ0n) is 13.8. The van der Waals surface area contributed by atoms with Crippen LogP contribution in [0.25, 0.3) is 0 Å². The Morgan fingerprint density at radius 2 is 2.00 bits per heavy atom. The number of hydrogen-bond donors (Lipinski definition) is 2. The first-order valence-corrected chi connectivity index (χ1v) is 7.98. The number of carbonyl (C=O) groups is 2. The van der Waals surface area contributed by atoms with Gasteiger partial charge in [0.2, 0.25) is 12.0 Å². The largest absolute Gasteiger partial charge is 0.467 e. The van der Waals surface area contributed by atoms with Crippen molar-refractivity contribution in [3.05, 3.63) is 59.5 Å². The lowest BCUT2D eigenvalue weighted by Gasteiger charge is -2.09. The van der Waals surface area contributed by atoms with Gasteiger partial charge in [-0.3, -0.25) is 9.59 Å². The standard InChI is InChI=1S/C18H19N3O4/c1-12-4-6-13(7-5-12)15-9-16(25-21-15)18(23)20-11-17(22)19-10-14-3-2-8-24-14/h2-8,16H,9-11H2,1H3,(H,19,22)(H,20,23)/t16-/m1/s1. The fourth-order valence-corrected chi connectivity index (χ4v) is 2.38. The van der Waals surface area contributed by atoms with Gasteiger partial charge >= 0.3 is 0 Å². The Balaban J connectivity index is 1.42. The van der Waals surface area contributed by atoms with Crippen LogP contribution in [-0.2, 0) is 21.0 Å². The molecule has 7 nitrogen and oxygen atoms in total. The number of rotatable bonds is 6. The average molecular weight is 341 g/mol. The summed E-state index contributed by atoms with van der Waals surface area (Å²) in [5.74, 6) is -0.0172. The third kappa shape index (κ3) is 4.47. The van der Waals surface area contributed by atoms with Gasteiger partial charge in [-0.25, -0.2) is 0 Å². The Morgan fingerprint density at radius 1 is 1.20 bits per heavy atom. The molecule has 0 spiro atoms. The summed E-state index contributed by atoms with van der Waals surface area (Å²) in [7, 11) is 0. The molecule has 0 aliphatic carbocycles. The highest BCUT2D eigenvalue weighted by Crippen LogP contribution is 2.17. The van der Waals surface area contributed by atoms with Gasteiger partial charge in [0.15, 0.2) is 0 Å². The van der Waals surface area contributed by atoms with Crippen molar-refractivity contribution in [2.24, 2.45) is 5.16 Å². The van der Waals surface area contributed by atoms with Crippen molar-refractivity contribution in [1.82, 2.24) is 10.6 Å². The molecule has 2 N–H and O–H groups in total. The summed E-state index contributed by atoms with van der Waals surface area (Å²) in [6.45, 7) is 2.16. The highest BCUT2D eigenvalue weighted by atomic mass is 16.6. The zero-order chi connectivity index (χ0) is 17.6. The summed E-state index contributed by atoms with van der Waals surface area (Å²) < 4.78 is 5.11. The van der Waals surface area contributed by atoms with E-state index >= 15 is 0 Å².